The van der Waals surface area contributed by atoms with Gasteiger partial charge in [0.05, 0.1) is 11.6 Å². The second-order valence-corrected chi connectivity index (χ2v) is 16.7. The third-order valence-corrected chi connectivity index (χ3v) is 12.6. The highest BCUT2D eigenvalue weighted by molar-refractivity contribution is 8.00. The van der Waals surface area contributed by atoms with Gasteiger partial charge >= 0.3 is 6.09 Å². The quantitative estimate of drug-likeness (QED) is 0.268. The number of thioether (sulfide) groups is 1. The van der Waals surface area contributed by atoms with Crippen molar-refractivity contribution in [3.63, 3.8) is 0 Å². The Hall–Kier alpha value is -1.80. The number of hydrogen-bond acceptors (Lipinski definition) is 5. The molecule has 1 saturated carbocycles. The fourth-order valence-electron chi connectivity index (χ4n) is 2.91. The Balaban J connectivity index is 1.72. The van der Waals surface area contributed by atoms with E-state index in [0.717, 1.165) is 10.5 Å². The lowest BCUT2D eigenvalue weighted by molar-refractivity contribution is 0.0869. The smallest absolute Gasteiger partial charge is 0.408 e. The fraction of sp³-hybridized carbons (Fsp3) is 0.462. The van der Waals surface area contributed by atoms with Gasteiger partial charge in [-0.05, 0) is 48.7 Å². The van der Waals surface area contributed by atoms with Crippen molar-refractivity contribution in [2.24, 2.45) is 0 Å². The van der Waals surface area contributed by atoms with Crippen LogP contribution >= 0.6 is 23.4 Å². The van der Waals surface area contributed by atoms with Gasteiger partial charge in [-0.15, -0.1) is 11.8 Å². The lowest BCUT2D eigenvalue weighted by Crippen LogP contribution is -2.49. The van der Waals surface area contributed by atoms with E-state index in [4.69, 9.17) is 20.8 Å². The van der Waals surface area contributed by atoms with E-state index in [1.54, 1.807) is 23.9 Å². The van der Waals surface area contributed by atoms with Crippen molar-refractivity contribution in [3.05, 3.63) is 64.7 Å². The number of rotatable bonds is 10. The Morgan fingerprint density at radius 1 is 1.15 bits per heavy atom. The van der Waals surface area contributed by atoms with Crippen molar-refractivity contribution in [2.75, 3.05) is 6.61 Å². The minimum Gasteiger partial charge on any atom is -0.445 e. The van der Waals surface area contributed by atoms with E-state index in [1.165, 1.54) is 12.8 Å². The lowest BCUT2D eigenvalue weighted by Gasteiger charge is -2.37. The van der Waals surface area contributed by atoms with Gasteiger partial charge in [0.25, 0.3) is 0 Å². The normalized spacial score (nSPS) is 15.0. The Kier molecular flexibility index (Phi) is 8.90. The fourth-order valence-corrected chi connectivity index (χ4v) is 5.29. The van der Waals surface area contributed by atoms with Crippen LogP contribution in [0.15, 0.2) is 53.4 Å². The average Bonchev–Trinajstić information content (AvgIpc) is 3.60. The molecule has 1 atom stereocenters. The molecule has 2 aromatic rings. The van der Waals surface area contributed by atoms with Crippen LogP contribution in [0.25, 0.3) is 0 Å². The summed E-state index contributed by atoms with van der Waals surface area (Å²) in [4.78, 5) is 27.0. The van der Waals surface area contributed by atoms with Crippen molar-refractivity contribution >= 4 is 43.6 Å². The van der Waals surface area contributed by atoms with Crippen molar-refractivity contribution in [3.8, 4) is 0 Å². The van der Waals surface area contributed by atoms with Crippen LogP contribution in [0.2, 0.25) is 23.2 Å². The van der Waals surface area contributed by atoms with E-state index in [9.17, 15) is 9.59 Å². The molecule has 0 unspecified atom stereocenters. The van der Waals surface area contributed by atoms with Gasteiger partial charge < -0.3 is 14.5 Å². The maximum atomic E-state index is 13.4. The van der Waals surface area contributed by atoms with Crippen molar-refractivity contribution < 1.29 is 18.8 Å². The largest absolute Gasteiger partial charge is 0.445 e. The molecular formula is C26H34ClNO4SSi. The van der Waals surface area contributed by atoms with Gasteiger partial charge in [0.1, 0.15) is 12.6 Å². The SMILES string of the molecule is CC(C)(C)[Si](C)(C)OC[C@@H](NC(=O)OCc1ccccc1)C(=O)c1ccc(SC2CC2)c(Cl)c1. The second kappa shape index (κ2) is 11.3. The van der Waals surface area contributed by atoms with E-state index < -0.39 is 20.5 Å². The molecule has 2 aromatic carbocycles. The van der Waals surface area contributed by atoms with Gasteiger partial charge in [-0.1, -0.05) is 68.8 Å². The summed E-state index contributed by atoms with van der Waals surface area (Å²) in [5.41, 5.74) is 1.31. The molecule has 184 valence electrons. The van der Waals surface area contributed by atoms with Crippen LogP contribution in [0.3, 0.4) is 0 Å². The summed E-state index contributed by atoms with van der Waals surface area (Å²) >= 11 is 8.22. The molecule has 8 heteroatoms. The molecule has 0 radical (unpaired) electrons. The number of nitrogens with one attached hydrogen (secondary N) is 1. The summed E-state index contributed by atoms with van der Waals surface area (Å²) in [5.74, 6) is -0.250. The van der Waals surface area contributed by atoms with Crippen LogP contribution in [0.4, 0.5) is 4.79 Å². The van der Waals surface area contributed by atoms with Crippen LogP contribution in [0, 0.1) is 0 Å². The second-order valence-electron chi connectivity index (χ2n) is 10.2. The first-order chi connectivity index (χ1) is 16.0. The first kappa shape index (κ1) is 26.8. The monoisotopic (exact) mass is 519 g/mol. The maximum Gasteiger partial charge on any atom is 0.408 e. The summed E-state index contributed by atoms with van der Waals surface area (Å²) in [5, 5.41) is 3.87. The standard InChI is InChI=1S/C26H34ClNO4SSi/c1-26(2,3)34(4,5)32-17-22(28-25(30)31-16-18-9-7-6-8-10-18)24(29)19-11-14-23(21(27)15-19)33-20-12-13-20/h6-11,14-15,20,22H,12-13,16-17H2,1-5H3,(H,28,30)/t22-/m1/s1. The predicted molar refractivity (Wildman–Crippen MR) is 141 cm³/mol. The number of benzene rings is 2. The minimum absolute atomic E-state index is 0.0284. The van der Waals surface area contributed by atoms with Gasteiger partial charge in [0.2, 0.25) is 0 Å². The van der Waals surface area contributed by atoms with Crippen LogP contribution in [-0.2, 0) is 15.8 Å². The molecule has 34 heavy (non-hydrogen) atoms. The Bertz CT molecular complexity index is 1010. The van der Waals surface area contributed by atoms with Crippen molar-refractivity contribution in [1.29, 1.82) is 0 Å². The van der Waals surface area contributed by atoms with Gasteiger partial charge in [0, 0.05) is 15.7 Å². The first-order valence-corrected chi connectivity index (χ1v) is 15.7. The van der Waals surface area contributed by atoms with Crippen LogP contribution < -0.4 is 5.32 Å². The summed E-state index contributed by atoms with van der Waals surface area (Å²) in [7, 11) is -2.14. The van der Waals surface area contributed by atoms with Gasteiger partial charge in [-0.25, -0.2) is 4.79 Å². The van der Waals surface area contributed by atoms with Crippen molar-refractivity contribution in [1.82, 2.24) is 5.32 Å². The molecule has 5 nitrogen and oxygen atoms in total. The topological polar surface area (TPSA) is 64.6 Å². The average molecular weight is 520 g/mol. The number of ketones is 1. The molecule has 1 aliphatic rings. The molecule has 1 amide bonds. The van der Waals surface area contributed by atoms with E-state index in [0.29, 0.717) is 15.8 Å². The molecule has 1 aliphatic carbocycles. The Morgan fingerprint density at radius 2 is 1.82 bits per heavy atom. The number of hydrogen-bond donors (Lipinski definition) is 1. The van der Waals surface area contributed by atoms with Crippen LogP contribution in [0.1, 0.15) is 49.5 Å². The van der Waals surface area contributed by atoms with Crippen molar-refractivity contribution in [2.45, 2.75) is 74.5 Å². The molecule has 0 heterocycles. The number of carbonyl (C=O) groups is 2. The van der Waals surface area contributed by atoms with E-state index >= 15 is 0 Å². The lowest BCUT2D eigenvalue weighted by atomic mass is 10.1. The highest BCUT2D eigenvalue weighted by atomic mass is 35.5. The molecule has 3 rings (SSSR count). The Labute approximate surface area is 213 Å². The molecule has 0 spiro atoms. The molecule has 0 aliphatic heterocycles. The van der Waals surface area contributed by atoms with E-state index in [-0.39, 0.29) is 24.0 Å². The van der Waals surface area contributed by atoms with Gasteiger partial charge in [0.15, 0.2) is 14.1 Å². The molecule has 0 saturated heterocycles. The zero-order chi connectivity index (χ0) is 24.9. The highest BCUT2D eigenvalue weighted by Crippen LogP contribution is 2.42. The number of ether oxygens (including phenoxy) is 1. The summed E-state index contributed by atoms with van der Waals surface area (Å²) in [6, 6.07) is 13.9. The third-order valence-electron chi connectivity index (χ3n) is 6.27. The third kappa shape index (κ3) is 7.60. The highest BCUT2D eigenvalue weighted by Gasteiger charge is 2.38. The number of amides is 1. The number of halogens is 1. The predicted octanol–water partition coefficient (Wildman–Crippen LogP) is 7.09. The van der Waals surface area contributed by atoms with Gasteiger partial charge in [-0.3, -0.25) is 4.79 Å². The molecule has 1 N–H and O–H groups in total. The van der Waals surface area contributed by atoms with E-state index in [2.05, 4.69) is 39.2 Å². The summed E-state index contributed by atoms with van der Waals surface area (Å²) in [6.45, 7) is 10.8. The van der Waals surface area contributed by atoms with Crippen LogP contribution in [0.5, 0.6) is 0 Å². The summed E-state index contributed by atoms with van der Waals surface area (Å²) < 4.78 is 11.6. The number of Topliss-reactive ketones (excluding diaryl/α,β-unsaturated/α-hetero) is 1. The molecule has 1 fully saturated rings. The first-order valence-electron chi connectivity index (χ1n) is 11.6. The molecular weight excluding hydrogens is 486 g/mol. The zero-order valence-electron chi connectivity index (χ0n) is 20.5. The van der Waals surface area contributed by atoms with Crippen LogP contribution in [-0.4, -0.2) is 38.1 Å². The molecule has 0 aromatic heterocycles. The minimum atomic E-state index is -2.14. The maximum absolute atomic E-state index is 13.4. The van der Waals surface area contributed by atoms with E-state index in [1.807, 2.05) is 36.4 Å². The Morgan fingerprint density at radius 3 is 2.41 bits per heavy atom. The molecule has 0 bridgehead atoms. The number of carbonyl (C=O) groups excluding carboxylic acids is 2. The zero-order valence-corrected chi connectivity index (χ0v) is 23.1. The summed E-state index contributed by atoms with van der Waals surface area (Å²) in [6.07, 6.45) is 1.74. The number of alkyl carbamates (subject to hydrolysis) is 1. The van der Waals surface area contributed by atoms with Gasteiger partial charge in [-0.2, -0.15) is 0 Å².